The summed E-state index contributed by atoms with van der Waals surface area (Å²) < 4.78 is 0. The topological polar surface area (TPSA) is 28.2 Å². The SMILES string of the molecule is CCc1cccnc1CN1CCCC(NC(C)C)C1. The predicted octanol–water partition coefficient (Wildman–Crippen LogP) is 2.61. The molecule has 106 valence electrons. The van der Waals surface area contributed by atoms with Crippen molar-refractivity contribution in [1.29, 1.82) is 0 Å². The molecule has 0 amide bonds. The van der Waals surface area contributed by atoms with Crippen LogP contribution in [0.2, 0.25) is 0 Å². The Morgan fingerprint density at radius 1 is 1.47 bits per heavy atom. The van der Waals surface area contributed by atoms with Crippen LogP contribution in [0.25, 0.3) is 0 Å². The summed E-state index contributed by atoms with van der Waals surface area (Å²) in [6.45, 7) is 10.0. The molecule has 0 saturated carbocycles. The molecule has 2 rings (SSSR count). The second kappa shape index (κ2) is 7.01. The fourth-order valence-corrected chi connectivity index (χ4v) is 2.95. The molecule has 1 unspecified atom stereocenters. The van der Waals surface area contributed by atoms with Crippen molar-refractivity contribution in [2.75, 3.05) is 13.1 Å². The molecule has 0 bridgehead atoms. The van der Waals surface area contributed by atoms with Crippen LogP contribution < -0.4 is 5.32 Å². The second-order valence-electron chi connectivity index (χ2n) is 5.86. The molecule has 0 radical (unpaired) electrons. The number of likely N-dealkylation sites (tertiary alicyclic amines) is 1. The maximum absolute atomic E-state index is 4.57. The summed E-state index contributed by atoms with van der Waals surface area (Å²) in [6.07, 6.45) is 5.59. The van der Waals surface area contributed by atoms with Gasteiger partial charge < -0.3 is 5.32 Å². The predicted molar refractivity (Wildman–Crippen MR) is 80.2 cm³/mol. The molecular weight excluding hydrogens is 234 g/mol. The number of hydrogen-bond donors (Lipinski definition) is 1. The molecule has 1 aromatic rings. The zero-order valence-electron chi connectivity index (χ0n) is 12.5. The van der Waals surface area contributed by atoms with Crippen LogP contribution in [0.1, 0.15) is 44.9 Å². The minimum Gasteiger partial charge on any atom is -0.311 e. The third kappa shape index (κ3) is 4.29. The van der Waals surface area contributed by atoms with E-state index in [1.165, 1.54) is 30.6 Å². The smallest absolute Gasteiger partial charge is 0.0575 e. The van der Waals surface area contributed by atoms with Gasteiger partial charge in [-0.2, -0.15) is 0 Å². The average Bonchev–Trinajstić information content (AvgIpc) is 2.39. The van der Waals surface area contributed by atoms with Crippen molar-refractivity contribution >= 4 is 0 Å². The number of pyridine rings is 1. The third-order valence-electron chi connectivity index (χ3n) is 3.81. The highest BCUT2D eigenvalue weighted by Gasteiger charge is 2.20. The molecule has 0 aromatic carbocycles. The van der Waals surface area contributed by atoms with E-state index < -0.39 is 0 Å². The van der Waals surface area contributed by atoms with Crippen LogP contribution in [0.3, 0.4) is 0 Å². The summed E-state index contributed by atoms with van der Waals surface area (Å²) in [6, 6.07) is 5.46. The molecule has 2 heterocycles. The zero-order valence-corrected chi connectivity index (χ0v) is 12.5. The largest absolute Gasteiger partial charge is 0.311 e. The average molecular weight is 261 g/mol. The molecular formula is C16H27N3. The lowest BCUT2D eigenvalue weighted by atomic mass is 10.0. The Morgan fingerprint density at radius 3 is 3.05 bits per heavy atom. The first-order chi connectivity index (χ1) is 9.19. The molecule has 3 heteroatoms. The number of hydrogen-bond acceptors (Lipinski definition) is 3. The standard InChI is InChI=1S/C16H27N3/c1-4-14-7-5-9-17-16(14)12-19-10-6-8-15(11-19)18-13(2)3/h5,7,9,13,15,18H,4,6,8,10-12H2,1-3H3. The van der Waals surface area contributed by atoms with E-state index in [1.807, 2.05) is 12.3 Å². The van der Waals surface area contributed by atoms with Crippen molar-refractivity contribution in [3.63, 3.8) is 0 Å². The first-order valence-electron chi connectivity index (χ1n) is 7.60. The van der Waals surface area contributed by atoms with Gasteiger partial charge in [-0.05, 0) is 37.4 Å². The van der Waals surface area contributed by atoms with E-state index in [4.69, 9.17) is 0 Å². The van der Waals surface area contributed by atoms with E-state index in [-0.39, 0.29) is 0 Å². The van der Waals surface area contributed by atoms with Crippen LogP contribution in [-0.2, 0) is 13.0 Å². The van der Waals surface area contributed by atoms with E-state index in [1.54, 1.807) is 0 Å². The van der Waals surface area contributed by atoms with E-state index in [2.05, 4.69) is 42.0 Å². The maximum atomic E-state index is 4.57. The van der Waals surface area contributed by atoms with Gasteiger partial charge in [0.25, 0.3) is 0 Å². The van der Waals surface area contributed by atoms with Crippen molar-refractivity contribution in [3.8, 4) is 0 Å². The van der Waals surface area contributed by atoms with Gasteiger partial charge in [0, 0.05) is 31.4 Å². The van der Waals surface area contributed by atoms with Gasteiger partial charge in [0.2, 0.25) is 0 Å². The Kier molecular flexibility index (Phi) is 5.34. The van der Waals surface area contributed by atoms with Gasteiger partial charge in [-0.25, -0.2) is 0 Å². The van der Waals surface area contributed by atoms with Crippen molar-refractivity contribution in [3.05, 3.63) is 29.6 Å². The zero-order chi connectivity index (χ0) is 13.7. The first-order valence-corrected chi connectivity index (χ1v) is 7.60. The summed E-state index contributed by atoms with van der Waals surface area (Å²) >= 11 is 0. The molecule has 1 N–H and O–H groups in total. The van der Waals surface area contributed by atoms with Gasteiger partial charge in [-0.1, -0.05) is 26.8 Å². The van der Waals surface area contributed by atoms with Crippen LogP contribution in [0.5, 0.6) is 0 Å². The molecule has 19 heavy (non-hydrogen) atoms. The number of nitrogens with one attached hydrogen (secondary N) is 1. The fourth-order valence-electron chi connectivity index (χ4n) is 2.95. The van der Waals surface area contributed by atoms with Crippen molar-refractivity contribution in [2.45, 2.75) is 58.7 Å². The highest BCUT2D eigenvalue weighted by Crippen LogP contribution is 2.15. The van der Waals surface area contributed by atoms with Crippen molar-refractivity contribution < 1.29 is 0 Å². The van der Waals surface area contributed by atoms with Crippen LogP contribution in [0, 0.1) is 0 Å². The number of piperidine rings is 1. The Labute approximate surface area is 117 Å². The lowest BCUT2D eigenvalue weighted by Crippen LogP contribution is -2.47. The number of aromatic nitrogens is 1. The fraction of sp³-hybridized carbons (Fsp3) is 0.688. The van der Waals surface area contributed by atoms with Gasteiger partial charge in [-0.15, -0.1) is 0 Å². The van der Waals surface area contributed by atoms with E-state index in [0.29, 0.717) is 12.1 Å². The minimum absolute atomic E-state index is 0.575. The molecule has 0 spiro atoms. The highest BCUT2D eigenvalue weighted by molar-refractivity contribution is 5.19. The van der Waals surface area contributed by atoms with E-state index in [0.717, 1.165) is 19.5 Å². The maximum Gasteiger partial charge on any atom is 0.0575 e. The van der Waals surface area contributed by atoms with Crippen LogP contribution in [-0.4, -0.2) is 35.1 Å². The molecule has 0 aliphatic carbocycles. The molecule has 1 atom stereocenters. The van der Waals surface area contributed by atoms with Gasteiger partial charge in [0.05, 0.1) is 5.69 Å². The molecule has 1 fully saturated rings. The van der Waals surface area contributed by atoms with Crippen LogP contribution >= 0.6 is 0 Å². The Morgan fingerprint density at radius 2 is 2.32 bits per heavy atom. The number of aryl methyl sites for hydroxylation is 1. The molecule has 1 aliphatic heterocycles. The molecule has 3 nitrogen and oxygen atoms in total. The van der Waals surface area contributed by atoms with Gasteiger partial charge in [0.15, 0.2) is 0 Å². The van der Waals surface area contributed by atoms with Crippen LogP contribution in [0.4, 0.5) is 0 Å². The molecule has 1 aliphatic rings. The summed E-state index contributed by atoms with van der Waals surface area (Å²) in [5, 5.41) is 3.66. The summed E-state index contributed by atoms with van der Waals surface area (Å²) in [5.41, 5.74) is 2.65. The third-order valence-corrected chi connectivity index (χ3v) is 3.81. The quantitative estimate of drug-likeness (QED) is 0.883. The summed E-state index contributed by atoms with van der Waals surface area (Å²) in [4.78, 5) is 7.11. The lowest BCUT2D eigenvalue weighted by molar-refractivity contribution is 0.176. The van der Waals surface area contributed by atoms with E-state index in [9.17, 15) is 0 Å². The number of nitrogens with zero attached hydrogens (tertiary/aromatic N) is 2. The Bertz CT molecular complexity index is 389. The first kappa shape index (κ1) is 14.5. The Balaban J connectivity index is 1.95. The molecule has 1 saturated heterocycles. The number of rotatable bonds is 5. The second-order valence-corrected chi connectivity index (χ2v) is 5.86. The highest BCUT2D eigenvalue weighted by atomic mass is 15.2. The van der Waals surface area contributed by atoms with Gasteiger partial charge in [-0.3, -0.25) is 9.88 Å². The summed E-state index contributed by atoms with van der Waals surface area (Å²) in [7, 11) is 0. The normalized spacial score (nSPS) is 20.9. The summed E-state index contributed by atoms with van der Waals surface area (Å²) in [5.74, 6) is 0. The Hall–Kier alpha value is -0.930. The monoisotopic (exact) mass is 261 g/mol. The molecule has 1 aromatic heterocycles. The van der Waals surface area contributed by atoms with Crippen molar-refractivity contribution in [2.24, 2.45) is 0 Å². The van der Waals surface area contributed by atoms with Crippen LogP contribution in [0.15, 0.2) is 18.3 Å². The van der Waals surface area contributed by atoms with Gasteiger partial charge >= 0.3 is 0 Å². The van der Waals surface area contributed by atoms with E-state index >= 15 is 0 Å². The van der Waals surface area contributed by atoms with Gasteiger partial charge in [0.1, 0.15) is 0 Å². The van der Waals surface area contributed by atoms with Crippen molar-refractivity contribution in [1.82, 2.24) is 15.2 Å². The lowest BCUT2D eigenvalue weighted by Gasteiger charge is -2.34. The minimum atomic E-state index is 0.575.